The van der Waals surface area contributed by atoms with E-state index in [1.165, 1.54) is 53.1 Å². The Morgan fingerprint density at radius 3 is 1.09 bits per heavy atom. The van der Waals surface area contributed by atoms with Crippen LogP contribution in [-0.2, 0) is 0 Å². The minimum atomic E-state index is 0.763. The van der Waals surface area contributed by atoms with E-state index in [2.05, 4.69) is 142 Å². The molecule has 2 N–H and O–H groups in total. The molecule has 12 aromatic rings. The fourth-order valence-electron chi connectivity index (χ4n) is 8.45. The Balaban J connectivity index is 0.000000126. The van der Waals surface area contributed by atoms with E-state index in [9.17, 15) is 10.4 Å². The van der Waals surface area contributed by atoms with Crippen molar-refractivity contribution < 1.29 is 10.4 Å². The van der Waals surface area contributed by atoms with Gasteiger partial charge in [0.25, 0.3) is 0 Å². The molecule has 54 heavy (non-hydrogen) atoms. The molecule has 5 heterocycles. The maximum absolute atomic E-state index is 10.5. The van der Waals surface area contributed by atoms with E-state index in [0.717, 1.165) is 55.0 Å². The Morgan fingerprint density at radius 1 is 0.315 bits per heavy atom. The minimum absolute atomic E-state index is 0.763. The lowest BCUT2D eigenvalue weighted by molar-refractivity contribution is 0.212. The topological polar surface area (TPSA) is 73.1 Å². The van der Waals surface area contributed by atoms with Crippen LogP contribution in [0.4, 0.5) is 0 Å². The number of benzene rings is 7. The molecular weight excluding hydrogens is 667 g/mol. The van der Waals surface area contributed by atoms with Crippen molar-refractivity contribution in [3.05, 3.63) is 176 Å². The van der Waals surface area contributed by atoms with E-state index in [4.69, 9.17) is 0 Å². The first kappa shape index (κ1) is 30.1. The summed E-state index contributed by atoms with van der Waals surface area (Å²) in [5.41, 5.74) is 10.1. The van der Waals surface area contributed by atoms with Gasteiger partial charge >= 0.3 is 0 Å². The molecule has 0 amide bonds. The van der Waals surface area contributed by atoms with Gasteiger partial charge in [-0.1, -0.05) is 91.0 Å². The number of nitrogens with zero attached hydrogens (tertiary/aromatic N) is 5. The predicted octanol–water partition coefficient (Wildman–Crippen LogP) is 11.7. The number of fused-ring (bicyclic) bond motifs is 12. The largest absolute Gasteiger partial charge is 0.428 e. The molecular formula is C47H31N5O2. The fourth-order valence-corrected chi connectivity index (χ4v) is 8.45. The van der Waals surface area contributed by atoms with E-state index in [-0.39, 0.29) is 0 Å². The van der Waals surface area contributed by atoms with Crippen LogP contribution >= 0.6 is 0 Å². The number of aromatic nitrogens is 5. The Morgan fingerprint density at radius 2 is 0.648 bits per heavy atom. The summed E-state index contributed by atoms with van der Waals surface area (Å²) in [4.78, 5) is 4.24. The molecule has 0 aliphatic carbocycles. The molecule has 7 nitrogen and oxygen atoms in total. The average molecular weight is 698 g/mol. The van der Waals surface area contributed by atoms with Crippen molar-refractivity contribution in [2.24, 2.45) is 0 Å². The molecule has 256 valence electrons. The van der Waals surface area contributed by atoms with Gasteiger partial charge < -0.3 is 19.5 Å². The highest BCUT2D eigenvalue weighted by Gasteiger charge is 2.16. The molecule has 0 spiro atoms. The van der Waals surface area contributed by atoms with Gasteiger partial charge in [0, 0.05) is 66.9 Å². The van der Waals surface area contributed by atoms with Crippen LogP contribution < -0.4 is 0 Å². The molecule has 0 saturated carbocycles. The molecule has 0 atom stereocenters. The number of pyridine rings is 1. The third-order valence-corrected chi connectivity index (χ3v) is 10.8. The predicted molar refractivity (Wildman–Crippen MR) is 220 cm³/mol. The third-order valence-electron chi connectivity index (χ3n) is 10.8. The van der Waals surface area contributed by atoms with Crippen LogP contribution in [-0.4, -0.2) is 34.0 Å². The Hall–Kier alpha value is -7.51. The van der Waals surface area contributed by atoms with Crippen LogP contribution in [0, 0.1) is 0 Å². The summed E-state index contributed by atoms with van der Waals surface area (Å²) >= 11 is 0. The summed E-state index contributed by atoms with van der Waals surface area (Å²) in [7, 11) is 0. The first-order valence-corrected chi connectivity index (χ1v) is 17.9. The smallest absolute Gasteiger partial charge is 0.0909 e. The van der Waals surface area contributed by atoms with Crippen LogP contribution in [0.2, 0.25) is 0 Å². The van der Waals surface area contributed by atoms with E-state index < -0.39 is 0 Å². The number of hydrogen-bond acceptors (Lipinski definition) is 3. The highest BCUT2D eigenvalue weighted by Crippen LogP contribution is 2.36. The van der Waals surface area contributed by atoms with Crippen LogP contribution in [0.15, 0.2) is 176 Å². The summed E-state index contributed by atoms with van der Waals surface area (Å²) in [5, 5.41) is 30.0. The molecule has 7 heteroatoms. The van der Waals surface area contributed by atoms with Crippen molar-refractivity contribution in [1.29, 1.82) is 0 Å². The Bertz CT molecular complexity index is 3100. The van der Waals surface area contributed by atoms with Gasteiger partial charge in [-0.05, 0) is 72.8 Å². The quantitative estimate of drug-likeness (QED) is 0.177. The summed E-state index contributed by atoms with van der Waals surface area (Å²) in [6.07, 6.45) is 3.50. The normalized spacial score (nSPS) is 11.9. The summed E-state index contributed by atoms with van der Waals surface area (Å²) in [6.45, 7) is 0. The van der Waals surface area contributed by atoms with Gasteiger partial charge in [0.15, 0.2) is 0 Å². The summed E-state index contributed by atoms with van der Waals surface area (Å²) < 4.78 is 7.09. The molecule has 12 rings (SSSR count). The van der Waals surface area contributed by atoms with Gasteiger partial charge in [-0.15, -0.1) is 0 Å². The molecule has 0 unspecified atom stereocenters. The lowest BCUT2D eigenvalue weighted by Crippen LogP contribution is -1.94. The maximum atomic E-state index is 10.5. The highest BCUT2D eigenvalue weighted by atomic mass is 16.5. The number of hydrogen-bond donors (Lipinski definition) is 2. The van der Waals surface area contributed by atoms with Gasteiger partial charge in [0.2, 0.25) is 0 Å². The highest BCUT2D eigenvalue weighted by molar-refractivity contribution is 6.13. The zero-order chi connectivity index (χ0) is 35.9. The lowest BCUT2D eigenvalue weighted by atomic mass is 10.1. The lowest BCUT2D eigenvalue weighted by Gasteiger charge is -2.08. The van der Waals surface area contributed by atoms with Crippen molar-refractivity contribution >= 4 is 87.2 Å². The molecule has 5 aromatic heterocycles. The monoisotopic (exact) mass is 697 g/mol. The van der Waals surface area contributed by atoms with Gasteiger partial charge in [0.1, 0.15) is 0 Å². The van der Waals surface area contributed by atoms with Crippen molar-refractivity contribution in [3.8, 4) is 11.4 Å². The van der Waals surface area contributed by atoms with Crippen LogP contribution in [0.5, 0.6) is 0 Å². The molecule has 0 saturated heterocycles. The molecule has 0 bridgehead atoms. The van der Waals surface area contributed by atoms with Gasteiger partial charge in [0.05, 0.1) is 44.1 Å². The van der Waals surface area contributed by atoms with E-state index in [1.54, 1.807) is 12.4 Å². The first-order chi connectivity index (χ1) is 26.7. The van der Waals surface area contributed by atoms with Crippen LogP contribution in [0.25, 0.3) is 98.6 Å². The number of para-hydroxylation sites is 5. The Kier molecular flexibility index (Phi) is 6.42. The summed E-state index contributed by atoms with van der Waals surface area (Å²) in [5.74, 6) is 0. The first-order valence-electron chi connectivity index (χ1n) is 17.9. The van der Waals surface area contributed by atoms with E-state index >= 15 is 0 Å². The Labute approximate surface area is 307 Å². The standard InChI is InChI=1S/C24H16N2O.C23H15N3O/c27-26-23-12-6-3-9-19(23)20-15-16(13-14-24(20)26)25-21-10-4-1-7-17(21)18-8-2-5-11-22(18)25;27-26-22-10-9-15(13-18(22)19-14-24-12-11-23(19)26)25-20-7-3-1-5-16(20)17-6-2-4-8-21(17)25/h1-15,27H;1-14,27H. The fraction of sp³-hybridized carbons (Fsp3) is 0. The second-order valence-corrected chi connectivity index (χ2v) is 13.7. The second kappa shape index (κ2) is 11.5. The zero-order valence-electron chi connectivity index (χ0n) is 28.9. The van der Waals surface area contributed by atoms with Gasteiger partial charge in [-0.3, -0.25) is 4.98 Å². The minimum Gasteiger partial charge on any atom is -0.428 e. The van der Waals surface area contributed by atoms with Crippen molar-refractivity contribution in [3.63, 3.8) is 0 Å². The molecule has 0 radical (unpaired) electrons. The molecule has 7 aromatic carbocycles. The van der Waals surface area contributed by atoms with Crippen molar-refractivity contribution in [1.82, 2.24) is 23.6 Å². The molecule has 0 aliphatic heterocycles. The van der Waals surface area contributed by atoms with Crippen molar-refractivity contribution in [2.75, 3.05) is 0 Å². The van der Waals surface area contributed by atoms with Crippen LogP contribution in [0.3, 0.4) is 0 Å². The second-order valence-electron chi connectivity index (χ2n) is 13.7. The summed E-state index contributed by atoms with van der Waals surface area (Å²) in [6, 6.07) is 56.1. The van der Waals surface area contributed by atoms with Gasteiger partial charge in [-0.25, -0.2) is 0 Å². The van der Waals surface area contributed by atoms with Crippen LogP contribution in [0.1, 0.15) is 0 Å². The van der Waals surface area contributed by atoms with Crippen molar-refractivity contribution in [2.45, 2.75) is 0 Å². The zero-order valence-corrected chi connectivity index (χ0v) is 28.9. The third kappa shape index (κ3) is 4.26. The SMILES string of the molecule is On1c2ccccc2c2cc(-n3c4ccccc4c4ccccc43)ccc21.On1c2ccncc2c2cc(-n3c4ccccc4c4ccccc43)ccc21. The molecule has 0 aliphatic rings. The molecule has 0 fully saturated rings. The maximum Gasteiger partial charge on any atom is 0.0909 e. The van der Waals surface area contributed by atoms with E-state index in [1.807, 2.05) is 36.4 Å². The average Bonchev–Trinajstić information content (AvgIpc) is 3.93. The van der Waals surface area contributed by atoms with E-state index in [0.29, 0.717) is 0 Å². The number of rotatable bonds is 2. The van der Waals surface area contributed by atoms with Gasteiger partial charge in [-0.2, -0.15) is 9.46 Å².